The largest absolute Gasteiger partial charge is 0.347 e. The zero-order valence-electron chi connectivity index (χ0n) is 10.4. The summed E-state index contributed by atoms with van der Waals surface area (Å²) in [5, 5.41) is 0. The Hall–Kier alpha value is -1.84. The van der Waals surface area contributed by atoms with E-state index < -0.39 is 0 Å². The summed E-state index contributed by atoms with van der Waals surface area (Å²) < 4.78 is 0. The van der Waals surface area contributed by atoms with Gasteiger partial charge in [-0.25, -0.2) is 0 Å². The maximum atomic E-state index is 12.1. The molecule has 0 saturated heterocycles. The summed E-state index contributed by atoms with van der Waals surface area (Å²) in [6, 6.07) is 5.84. The lowest BCUT2D eigenvalue weighted by molar-refractivity contribution is -0.129. The van der Waals surface area contributed by atoms with Crippen molar-refractivity contribution in [3.8, 4) is 0 Å². The standard InChI is InChI=1S/C13H16N2O2/c1-9-4-5-10-7-15(8-12(16)14(2)3)13(17)11(10)6-9/h4-6H,7-8H2,1-3H3. The molecule has 4 heteroatoms. The van der Waals surface area contributed by atoms with Crippen molar-refractivity contribution in [2.75, 3.05) is 20.6 Å². The highest BCUT2D eigenvalue weighted by Crippen LogP contribution is 2.23. The van der Waals surface area contributed by atoms with Crippen molar-refractivity contribution in [2.24, 2.45) is 0 Å². The number of amides is 2. The molecule has 2 amide bonds. The Labute approximate surface area is 101 Å². The fourth-order valence-corrected chi connectivity index (χ4v) is 1.91. The Morgan fingerprint density at radius 2 is 2.12 bits per heavy atom. The first-order valence-corrected chi connectivity index (χ1v) is 5.58. The van der Waals surface area contributed by atoms with E-state index in [-0.39, 0.29) is 18.4 Å². The number of rotatable bonds is 2. The minimum Gasteiger partial charge on any atom is -0.347 e. The molecule has 0 fully saturated rings. The highest BCUT2D eigenvalue weighted by molar-refractivity contribution is 6.00. The average Bonchev–Trinajstić information content (AvgIpc) is 2.56. The van der Waals surface area contributed by atoms with Gasteiger partial charge in [0, 0.05) is 26.2 Å². The zero-order chi connectivity index (χ0) is 12.6. The summed E-state index contributed by atoms with van der Waals surface area (Å²) in [5.41, 5.74) is 2.81. The van der Waals surface area contributed by atoms with Crippen molar-refractivity contribution in [1.82, 2.24) is 9.80 Å². The van der Waals surface area contributed by atoms with Gasteiger partial charge < -0.3 is 9.80 Å². The van der Waals surface area contributed by atoms with Crippen LogP contribution in [0, 0.1) is 6.92 Å². The molecule has 1 aromatic carbocycles. The van der Waals surface area contributed by atoms with E-state index in [0.29, 0.717) is 6.54 Å². The van der Waals surface area contributed by atoms with Crippen LogP contribution in [0.2, 0.25) is 0 Å². The number of carbonyl (C=O) groups excluding carboxylic acids is 2. The Morgan fingerprint density at radius 3 is 2.76 bits per heavy atom. The van der Waals surface area contributed by atoms with Gasteiger partial charge >= 0.3 is 0 Å². The van der Waals surface area contributed by atoms with E-state index in [1.165, 1.54) is 4.90 Å². The first kappa shape index (κ1) is 11.6. The first-order chi connectivity index (χ1) is 7.99. The van der Waals surface area contributed by atoms with Crippen molar-refractivity contribution >= 4 is 11.8 Å². The first-order valence-electron chi connectivity index (χ1n) is 5.58. The molecular formula is C13H16N2O2. The molecule has 90 valence electrons. The Bertz CT molecular complexity index is 480. The SMILES string of the molecule is Cc1ccc2c(c1)C(=O)N(CC(=O)N(C)C)C2. The normalized spacial score (nSPS) is 13.8. The van der Waals surface area contributed by atoms with Gasteiger partial charge in [0.1, 0.15) is 6.54 Å². The van der Waals surface area contributed by atoms with Crippen molar-refractivity contribution < 1.29 is 9.59 Å². The maximum Gasteiger partial charge on any atom is 0.254 e. The van der Waals surface area contributed by atoms with Crippen molar-refractivity contribution in [2.45, 2.75) is 13.5 Å². The Kier molecular flexibility index (Phi) is 2.88. The number of nitrogens with zero attached hydrogens (tertiary/aromatic N) is 2. The highest BCUT2D eigenvalue weighted by atomic mass is 16.2. The van der Waals surface area contributed by atoms with Gasteiger partial charge in [-0.15, -0.1) is 0 Å². The number of carbonyl (C=O) groups is 2. The quantitative estimate of drug-likeness (QED) is 0.764. The van der Waals surface area contributed by atoms with Crippen LogP contribution in [0.5, 0.6) is 0 Å². The van der Waals surface area contributed by atoms with E-state index in [2.05, 4.69) is 0 Å². The summed E-state index contributed by atoms with van der Waals surface area (Å²) in [6.45, 7) is 2.65. The van der Waals surface area contributed by atoms with Gasteiger partial charge in [-0.05, 0) is 18.6 Å². The molecule has 1 aliphatic rings. The van der Waals surface area contributed by atoms with Crippen LogP contribution >= 0.6 is 0 Å². The van der Waals surface area contributed by atoms with E-state index in [0.717, 1.165) is 16.7 Å². The summed E-state index contributed by atoms with van der Waals surface area (Å²) in [4.78, 5) is 26.7. The molecule has 1 heterocycles. The van der Waals surface area contributed by atoms with Gasteiger partial charge in [0.2, 0.25) is 5.91 Å². The van der Waals surface area contributed by atoms with E-state index >= 15 is 0 Å². The molecule has 0 atom stereocenters. The topological polar surface area (TPSA) is 40.6 Å². The molecule has 0 saturated carbocycles. The highest BCUT2D eigenvalue weighted by Gasteiger charge is 2.28. The number of aryl methyl sites for hydroxylation is 1. The van der Waals surface area contributed by atoms with E-state index in [1.54, 1.807) is 19.0 Å². The summed E-state index contributed by atoms with van der Waals surface area (Å²) in [6.07, 6.45) is 0. The molecule has 0 spiro atoms. The van der Waals surface area contributed by atoms with Crippen LogP contribution in [0.25, 0.3) is 0 Å². The summed E-state index contributed by atoms with van der Waals surface area (Å²) in [5.74, 6) is -0.0956. The number of benzene rings is 1. The second kappa shape index (κ2) is 4.20. The number of hydrogen-bond donors (Lipinski definition) is 0. The average molecular weight is 232 g/mol. The Morgan fingerprint density at radius 1 is 1.41 bits per heavy atom. The maximum absolute atomic E-state index is 12.1. The second-order valence-electron chi connectivity index (χ2n) is 4.61. The molecule has 17 heavy (non-hydrogen) atoms. The predicted molar refractivity (Wildman–Crippen MR) is 64.6 cm³/mol. The van der Waals surface area contributed by atoms with E-state index in [1.807, 2.05) is 25.1 Å². The molecule has 0 bridgehead atoms. The third-order valence-electron chi connectivity index (χ3n) is 2.97. The van der Waals surface area contributed by atoms with E-state index in [4.69, 9.17) is 0 Å². The third kappa shape index (κ3) is 2.16. The van der Waals surface area contributed by atoms with Gasteiger partial charge in [-0.1, -0.05) is 17.7 Å². The second-order valence-corrected chi connectivity index (χ2v) is 4.61. The van der Waals surface area contributed by atoms with Gasteiger partial charge in [0.25, 0.3) is 5.91 Å². The summed E-state index contributed by atoms with van der Waals surface area (Å²) >= 11 is 0. The van der Waals surface area contributed by atoms with Gasteiger partial charge in [0.05, 0.1) is 0 Å². The lowest BCUT2D eigenvalue weighted by atomic mass is 10.1. The number of likely N-dealkylation sites (N-methyl/N-ethyl adjacent to an activating group) is 1. The Balaban J connectivity index is 2.17. The van der Waals surface area contributed by atoms with Crippen LogP contribution < -0.4 is 0 Å². The summed E-state index contributed by atoms with van der Waals surface area (Å²) in [7, 11) is 3.39. The minimum atomic E-state index is -0.0529. The molecule has 4 nitrogen and oxygen atoms in total. The van der Waals surface area contributed by atoms with Crippen molar-refractivity contribution in [3.05, 3.63) is 34.9 Å². The van der Waals surface area contributed by atoms with Crippen LogP contribution in [0.1, 0.15) is 21.5 Å². The molecule has 0 unspecified atom stereocenters. The van der Waals surface area contributed by atoms with Crippen LogP contribution in [-0.2, 0) is 11.3 Å². The fourth-order valence-electron chi connectivity index (χ4n) is 1.91. The van der Waals surface area contributed by atoms with Crippen molar-refractivity contribution in [1.29, 1.82) is 0 Å². The molecule has 0 aromatic heterocycles. The number of hydrogen-bond acceptors (Lipinski definition) is 2. The monoisotopic (exact) mass is 232 g/mol. The lowest BCUT2D eigenvalue weighted by Crippen LogP contribution is -2.36. The van der Waals surface area contributed by atoms with Crippen LogP contribution in [0.3, 0.4) is 0 Å². The van der Waals surface area contributed by atoms with Gasteiger partial charge in [-0.2, -0.15) is 0 Å². The minimum absolute atomic E-state index is 0.0427. The lowest BCUT2D eigenvalue weighted by Gasteiger charge is -2.17. The fraction of sp³-hybridized carbons (Fsp3) is 0.385. The van der Waals surface area contributed by atoms with Gasteiger partial charge in [0.15, 0.2) is 0 Å². The molecule has 0 aliphatic carbocycles. The smallest absolute Gasteiger partial charge is 0.254 e. The van der Waals surface area contributed by atoms with Gasteiger partial charge in [-0.3, -0.25) is 9.59 Å². The molecule has 1 aromatic rings. The molecule has 0 radical (unpaired) electrons. The predicted octanol–water partition coefficient (Wildman–Crippen LogP) is 1.04. The van der Waals surface area contributed by atoms with Crippen LogP contribution in [0.15, 0.2) is 18.2 Å². The molecule has 1 aliphatic heterocycles. The molecule has 2 rings (SSSR count). The zero-order valence-corrected chi connectivity index (χ0v) is 10.4. The molecular weight excluding hydrogens is 216 g/mol. The van der Waals surface area contributed by atoms with E-state index in [9.17, 15) is 9.59 Å². The third-order valence-corrected chi connectivity index (χ3v) is 2.97. The molecule has 0 N–H and O–H groups in total. The van der Waals surface area contributed by atoms with Crippen LogP contribution in [-0.4, -0.2) is 42.3 Å². The number of fused-ring (bicyclic) bond motifs is 1. The van der Waals surface area contributed by atoms with Crippen molar-refractivity contribution in [3.63, 3.8) is 0 Å². The van der Waals surface area contributed by atoms with Crippen LogP contribution in [0.4, 0.5) is 0 Å².